The number of hydroxylamine groups is 1. The quantitative estimate of drug-likeness (QED) is 0.456. The van der Waals surface area contributed by atoms with Gasteiger partial charge in [0.15, 0.2) is 0 Å². The van der Waals surface area contributed by atoms with Crippen LogP contribution < -0.4 is 10.8 Å². The average molecular weight is 384 g/mol. The Morgan fingerprint density at radius 1 is 0.963 bits per heavy atom. The van der Waals surface area contributed by atoms with Crippen molar-refractivity contribution in [1.29, 1.82) is 0 Å². The van der Waals surface area contributed by atoms with E-state index in [2.05, 4.69) is 5.32 Å². The van der Waals surface area contributed by atoms with Gasteiger partial charge in [-0.2, -0.15) is 0 Å². The van der Waals surface area contributed by atoms with Gasteiger partial charge in [0.25, 0.3) is 11.8 Å². The number of thiophene rings is 1. The largest absolute Gasteiger partial charge is 0.345 e. The lowest BCUT2D eigenvalue weighted by Crippen LogP contribution is -2.25. The van der Waals surface area contributed by atoms with E-state index in [9.17, 15) is 14.0 Å². The Morgan fingerprint density at radius 2 is 1.59 bits per heavy atom. The molecule has 3 N–H and O–H groups in total. The molecule has 0 aliphatic heterocycles. The summed E-state index contributed by atoms with van der Waals surface area (Å²) in [7, 11) is 0. The van der Waals surface area contributed by atoms with Gasteiger partial charge in [0, 0.05) is 0 Å². The van der Waals surface area contributed by atoms with Crippen molar-refractivity contribution in [3.05, 3.63) is 81.8 Å². The Morgan fingerprint density at radius 3 is 2.26 bits per heavy atom. The summed E-state index contributed by atoms with van der Waals surface area (Å²) in [5.74, 6) is -1.28. The third-order valence-electron chi connectivity index (χ3n) is 4.05. The molecule has 0 aliphatic carbocycles. The number of nitrogens with one attached hydrogen (secondary N) is 2. The van der Waals surface area contributed by atoms with E-state index < -0.39 is 5.91 Å². The Labute approximate surface area is 159 Å². The van der Waals surface area contributed by atoms with Gasteiger partial charge in [-0.05, 0) is 53.9 Å². The molecule has 5 nitrogen and oxygen atoms in total. The molecule has 3 rings (SSSR count). The minimum absolute atomic E-state index is 0.239. The Balaban J connectivity index is 1.75. The van der Waals surface area contributed by atoms with Gasteiger partial charge in [0.1, 0.15) is 5.82 Å². The van der Waals surface area contributed by atoms with E-state index in [0.717, 1.165) is 28.0 Å². The van der Waals surface area contributed by atoms with Gasteiger partial charge in [0.2, 0.25) is 0 Å². The fourth-order valence-corrected chi connectivity index (χ4v) is 3.44. The molecule has 2 amide bonds. The highest BCUT2D eigenvalue weighted by molar-refractivity contribution is 7.15. The van der Waals surface area contributed by atoms with Gasteiger partial charge in [-0.25, -0.2) is 9.87 Å². The molecule has 7 heteroatoms. The van der Waals surface area contributed by atoms with Crippen LogP contribution in [0.25, 0.3) is 11.1 Å². The van der Waals surface area contributed by atoms with Crippen LogP contribution in [0.2, 0.25) is 0 Å². The summed E-state index contributed by atoms with van der Waals surface area (Å²) in [6, 6.07) is 16.6. The summed E-state index contributed by atoms with van der Waals surface area (Å²) in [6.07, 6.45) is 0. The maximum absolute atomic E-state index is 13.5. The lowest BCUT2D eigenvalue weighted by atomic mass is 10.00. The van der Waals surface area contributed by atoms with Crippen molar-refractivity contribution in [2.45, 2.75) is 13.0 Å². The summed E-state index contributed by atoms with van der Waals surface area (Å²) in [5, 5.41) is 11.5. The molecular weight excluding hydrogens is 367 g/mol. The van der Waals surface area contributed by atoms with E-state index in [4.69, 9.17) is 5.21 Å². The summed E-state index contributed by atoms with van der Waals surface area (Å²) < 4.78 is 13.5. The standard InChI is InChI=1S/C20H17FN2O3S/c1-12(22-19(24)17-8-9-18(27-17)20(25)23-26)13-4-2-5-14(10-13)15-6-3-7-16(21)11-15/h2-12,26H,1H3,(H,22,24)(H,23,25). The normalized spacial score (nSPS) is 11.7. The molecule has 0 saturated carbocycles. The van der Waals surface area contributed by atoms with Gasteiger partial charge in [0.05, 0.1) is 15.8 Å². The third-order valence-corrected chi connectivity index (χ3v) is 5.13. The molecule has 0 aliphatic rings. The summed E-state index contributed by atoms with van der Waals surface area (Å²) in [4.78, 5) is 24.4. The van der Waals surface area contributed by atoms with Crippen LogP contribution in [0.3, 0.4) is 0 Å². The molecule has 0 saturated heterocycles. The smallest absolute Gasteiger partial charge is 0.284 e. The first kappa shape index (κ1) is 18.8. The van der Waals surface area contributed by atoms with Crippen LogP contribution in [-0.2, 0) is 0 Å². The summed E-state index contributed by atoms with van der Waals surface area (Å²) in [5.41, 5.74) is 4.02. The first-order chi connectivity index (χ1) is 13.0. The summed E-state index contributed by atoms with van der Waals surface area (Å²) in [6.45, 7) is 1.84. The average Bonchev–Trinajstić information content (AvgIpc) is 3.18. The van der Waals surface area contributed by atoms with Crippen LogP contribution in [0.1, 0.15) is 37.9 Å². The van der Waals surface area contributed by atoms with E-state index in [1.165, 1.54) is 29.7 Å². The van der Waals surface area contributed by atoms with Gasteiger partial charge in [-0.1, -0.05) is 30.3 Å². The van der Waals surface area contributed by atoms with Crippen molar-refractivity contribution in [2.24, 2.45) is 0 Å². The SMILES string of the molecule is CC(NC(=O)c1ccc(C(=O)NO)s1)c1cccc(-c2cccc(F)c2)c1. The van der Waals surface area contributed by atoms with Crippen LogP contribution in [0.15, 0.2) is 60.7 Å². The number of benzene rings is 2. The molecule has 1 heterocycles. The molecule has 0 bridgehead atoms. The first-order valence-electron chi connectivity index (χ1n) is 8.19. The fraction of sp³-hybridized carbons (Fsp3) is 0.100. The molecule has 2 aromatic carbocycles. The number of carbonyl (C=O) groups is 2. The zero-order valence-corrected chi connectivity index (χ0v) is 15.2. The van der Waals surface area contributed by atoms with Crippen molar-refractivity contribution < 1.29 is 19.2 Å². The number of hydrogen-bond donors (Lipinski definition) is 3. The second-order valence-corrected chi connectivity index (χ2v) is 7.02. The predicted octanol–water partition coefficient (Wildman–Crippen LogP) is 4.16. The molecule has 1 aromatic heterocycles. The van der Waals surface area contributed by atoms with Crippen molar-refractivity contribution in [3.63, 3.8) is 0 Å². The van der Waals surface area contributed by atoms with Crippen LogP contribution in [-0.4, -0.2) is 17.0 Å². The van der Waals surface area contributed by atoms with Crippen molar-refractivity contribution in [3.8, 4) is 11.1 Å². The van der Waals surface area contributed by atoms with E-state index in [-0.39, 0.29) is 22.6 Å². The van der Waals surface area contributed by atoms with Gasteiger partial charge < -0.3 is 5.32 Å². The molecule has 3 aromatic rings. The van der Waals surface area contributed by atoms with Crippen molar-refractivity contribution in [1.82, 2.24) is 10.8 Å². The minimum Gasteiger partial charge on any atom is -0.345 e. The Kier molecular flexibility index (Phi) is 5.63. The van der Waals surface area contributed by atoms with Gasteiger partial charge in [-0.3, -0.25) is 14.8 Å². The van der Waals surface area contributed by atoms with Crippen molar-refractivity contribution in [2.75, 3.05) is 0 Å². The topological polar surface area (TPSA) is 78.4 Å². The zero-order valence-electron chi connectivity index (χ0n) is 14.4. The number of amides is 2. The van der Waals surface area contributed by atoms with E-state index >= 15 is 0 Å². The Hall–Kier alpha value is -3.03. The molecule has 0 radical (unpaired) electrons. The lowest BCUT2D eigenvalue weighted by molar-refractivity contribution is 0.0711. The molecular formula is C20H17FN2O3S. The molecule has 27 heavy (non-hydrogen) atoms. The number of hydrogen-bond acceptors (Lipinski definition) is 4. The number of halogens is 1. The second kappa shape index (κ2) is 8.11. The monoisotopic (exact) mass is 384 g/mol. The highest BCUT2D eigenvalue weighted by atomic mass is 32.1. The molecule has 138 valence electrons. The van der Waals surface area contributed by atoms with Gasteiger partial charge >= 0.3 is 0 Å². The fourth-order valence-electron chi connectivity index (χ4n) is 2.64. The minimum atomic E-state index is -0.658. The van der Waals surface area contributed by atoms with Crippen LogP contribution in [0.4, 0.5) is 4.39 Å². The van der Waals surface area contributed by atoms with E-state index in [1.807, 2.05) is 37.3 Å². The maximum Gasteiger partial charge on any atom is 0.284 e. The zero-order chi connectivity index (χ0) is 19.4. The first-order valence-corrected chi connectivity index (χ1v) is 9.00. The lowest BCUT2D eigenvalue weighted by Gasteiger charge is -2.15. The molecule has 1 unspecified atom stereocenters. The molecule has 0 fully saturated rings. The highest BCUT2D eigenvalue weighted by Crippen LogP contribution is 2.24. The third kappa shape index (κ3) is 4.39. The predicted molar refractivity (Wildman–Crippen MR) is 101 cm³/mol. The van der Waals surface area contributed by atoms with Crippen molar-refractivity contribution >= 4 is 23.2 Å². The van der Waals surface area contributed by atoms with Crippen LogP contribution in [0.5, 0.6) is 0 Å². The van der Waals surface area contributed by atoms with Crippen LogP contribution in [0, 0.1) is 5.82 Å². The van der Waals surface area contributed by atoms with Gasteiger partial charge in [-0.15, -0.1) is 11.3 Å². The Bertz CT molecular complexity index is 987. The number of rotatable bonds is 5. The summed E-state index contributed by atoms with van der Waals surface area (Å²) >= 11 is 0.987. The van der Waals surface area contributed by atoms with Crippen LogP contribution >= 0.6 is 11.3 Å². The maximum atomic E-state index is 13.5. The van der Waals surface area contributed by atoms with E-state index in [0.29, 0.717) is 4.88 Å². The molecule has 0 spiro atoms. The molecule has 1 atom stereocenters. The second-order valence-electron chi connectivity index (χ2n) is 5.94. The number of carbonyl (C=O) groups excluding carboxylic acids is 2. The van der Waals surface area contributed by atoms with E-state index in [1.54, 1.807) is 6.07 Å². The highest BCUT2D eigenvalue weighted by Gasteiger charge is 2.16.